The van der Waals surface area contributed by atoms with E-state index in [0.717, 1.165) is 23.1 Å². The molecule has 0 amide bonds. The molecule has 1 atom stereocenters. The van der Waals surface area contributed by atoms with Crippen molar-refractivity contribution in [3.63, 3.8) is 0 Å². The van der Waals surface area contributed by atoms with Gasteiger partial charge in [-0.1, -0.05) is 94.8 Å². The van der Waals surface area contributed by atoms with Gasteiger partial charge in [0, 0.05) is 16.0 Å². The molecule has 0 radical (unpaired) electrons. The Balaban J connectivity index is 2.03. The second kappa shape index (κ2) is 7.59. The minimum atomic E-state index is 0.0790. The van der Waals surface area contributed by atoms with Crippen molar-refractivity contribution in [1.29, 1.82) is 0 Å². The molecular weight excluding hydrogens is 360 g/mol. The number of benzene rings is 3. The van der Waals surface area contributed by atoms with Gasteiger partial charge >= 0.3 is 0 Å². The van der Waals surface area contributed by atoms with E-state index in [2.05, 4.69) is 41.1 Å². The second-order valence-corrected chi connectivity index (χ2v) is 7.26. The van der Waals surface area contributed by atoms with Crippen LogP contribution in [0.15, 0.2) is 78.9 Å². The van der Waals surface area contributed by atoms with Gasteiger partial charge in [0.1, 0.15) is 0 Å². The molecule has 0 heterocycles. The average Bonchev–Trinajstić information content (AvgIpc) is 2.62. The molecule has 0 aliphatic rings. The lowest BCUT2D eigenvalue weighted by Gasteiger charge is -2.13. The molecular formula is C22H19BrO. The first-order valence-electron chi connectivity index (χ1n) is 8.05. The normalized spacial score (nSPS) is 11.9. The number of hydrogen-bond acceptors (Lipinski definition) is 1. The summed E-state index contributed by atoms with van der Waals surface area (Å²) in [6.07, 6.45) is 0.752. The van der Waals surface area contributed by atoms with Gasteiger partial charge in [0.15, 0.2) is 5.78 Å². The summed E-state index contributed by atoms with van der Waals surface area (Å²) in [6.45, 7) is 2.10. The Morgan fingerprint density at radius 3 is 2.17 bits per heavy atom. The van der Waals surface area contributed by atoms with Crippen LogP contribution in [0.25, 0.3) is 0 Å². The van der Waals surface area contributed by atoms with E-state index in [9.17, 15) is 4.79 Å². The van der Waals surface area contributed by atoms with Crippen molar-refractivity contribution < 1.29 is 4.79 Å². The van der Waals surface area contributed by atoms with Crippen molar-refractivity contribution in [2.75, 3.05) is 0 Å². The lowest BCUT2D eigenvalue weighted by molar-refractivity contribution is 0.103. The van der Waals surface area contributed by atoms with Gasteiger partial charge in [-0.25, -0.2) is 0 Å². The van der Waals surface area contributed by atoms with Crippen LogP contribution in [0.5, 0.6) is 0 Å². The summed E-state index contributed by atoms with van der Waals surface area (Å²) in [5.41, 5.74) is 4.97. The predicted molar refractivity (Wildman–Crippen MR) is 103 cm³/mol. The highest BCUT2D eigenvalue weighted by atomic mass is 79.9. The molecule has 0 N–H and O–H groups in total. The average molecular weight is 379 g/mol. The van der Waals surface area contributed by atoms with E-state index < -0.39 is 0 Å². The van der Waals surface area contributed by atoms with Gasteiger partial charge < -0.3 is 0 Å². The number of hydrogen-bond donors (Lipinski definition) is 0. The number of ketones is 1. The Hall–Kier alpha value is -2.19. The lowest BCUT2D eigenvalue weighted by atomic mass is 9.92. The molecule has 0 fully saturated rings. The number of carbonyl (C=O) groups excluding carboxylic acids is 1. The molecule has 0 bridgehead atoms. The summed E-state index contributed by atoms with van der Waals surface area (Å²) in [5, 5.41) is 0. The smallest absolute Gasteiger partial charge is 0.193 e. The second-order valence-electron chi connectivity index (χ2n) is 5.89. The van der Waals surface area contributed by atoms with E-state index in [-0.39, 0.29) is 10.6 Å². The monoisotopic (exact) mass is 378 g/mol. The van der Waals surface area contributed by atoms with Crippen LogP contribution in [0, 0.1) is 0 Å². The quantitative estimate of drug-likeness (QED) is 0.395. The fourth-order valence-electron chi connectivity index (χ4n) is 2.79. The van der Waals surface area contributed by atoms with Gasteiger partial charge in [-0.15, -0.1) is 0 Å². The van der Waals surface area contributed by atoms with Crippen molar-refractivity contribution in [1.82, 2.24) is 0 Å². The first kappa shape index (κ1) is 16.7. The lowest BCUT2D eigenvalue weighted by Crippen LogP contribution is -2.07. The van der Waals surface area contributed by atoms with E-state index in [1.165, 1.54) is 11.1 Å². The number of rotatable bonds is 5. The van der Waals surface area contributed by atoms with Gasteiger partial charge in [-0.2, -0.15) is 0 Å². The summed E-state index contributed by atoms with van der Waals surface area (Å²) in [6, 6.07) is 25.9. The molecule has 3 rings (SSSR count). The Bertz CT molecular complexity index is 823. The molecule has 0 aliphatic heterocycles. The van der Waals surface area contributed by atoms with E-state index in [1.807, 2.05) is 60.7 Å². The van der Waals surface area contributed by atoms with Crippen LogP contribution in [-0.2, 0) is 6.42 Å². The molecule has 3 aromatic carbocycles. The Kier molecular flexibility index (Phi) is 5.27. The van der Waals surface area contributed by atoms with Crippen LogP contribution in [0.4, 0.5) is 0 Å². The maximum atomic E-state index is 12.9. The van der Waals surface area contributed by atoms with Gasteiger partial charge in [0.2, 0.25) is 0 Å². The first-order valence-corrected chi connectivity index (χ1v) is 8.97. The van der Waals surface area contributed by atoms with Crippen LogP contribution in [0.1, 0.15) is 44.4 Å². The Labute approximate surface area is 151 Å². The summed E-state index contributed by atoms with van der Waals surface area (Å²) >= 11 is 3.62. The van der Waals surface area contributed by atoms with Crippen LogP contribution >= 0.6 is 15.9 Å². The third kappa shape index (κ3) is 3.82. The van der Waals surface area contributed by atoms with Gasteiger partial charge in [-0.3, -0.25) is 4.79 Å². The molecule has 1 unspecified atom stereocenters. The van der Waals surface area contributed by atoms with Gasteiger partial charge in [0.25, 0.3) is 0 Å². The predicted octanol–water partition coefficient (Wildman–Crippen LogP) is 5.96. The van der Waals surface area contributed by atoms with Gasteiger partial charge in [-0.05, 0) is 30.0 Å². The molecule has 2 heteroatoms. The minimum absolute atomic E-state index is 0.0790. The fraction of sp³-hybridized carbons (Fsp3) is 0.136. The molecule has 0 saturated heterocycles. The fourth-order valence-corrected chi connectivity index (χ4v) is 3.07. The van der Waals surface area contributed by atoms with E-state index in [4.69, 9.17) is 0 Å². The van der Waals surface area contributed by atoms with Crippen molar-refractivity contribution in [3.05, 3.63) is 107 Å². The zero-order chi connectivity index (χ0) is 16.9. The van der Waals surface area contributed by atoms with Crippen molar-refractivity contribution in [2.45, 2.75) is 18.2 Å². The summed E-state index contributed by atoms with van der Waals surface area (Å²) < 4.78 is 0. The maximum Gasteiger partial charge on any atom is 0.193 e. The highest BCUT2D eigenvalue weighted by molar-refractivity contribution is 9.09. The largest absolute Gasteiger partial charge is 0.289 e. The van der Waals surface area contributed by atoms with E-state index >= 15 is 0 Å². The standard InChI is InChI=1S/C22H19BrO/c1-16(23)19-12-13-21(22(24)18-10-6-3-7-11-18)20(15-19)14-17-8-4-2-5-9-17/h2-13,15-16H,14H2,1H3. The molecule has 120 valence electrons. The highest BCUT2D eigenvalue weighted by Gasteiger charge is 2.15. The molecule has 1 nitrogen and oxygen atoms in total. The summed E-state index contributed by atoms with van der Waals surface area (Å²) in [5.74, 6) is 0.0790. The van der Waals surface area contributed by atoms with Crippen molar-refractivity contribution >= 4 is 21.7 Å². The van der Waals surface area contributed by atoms with Crippen LogP contribution < -0.4 is 0 Å². The van der Waals surface area contributed by atoms with Crippen LogP contribution in [0.3, 0.4) is 0 Å². The van der Waals surface area contributed by atoms with E-state index in [1.54, 1.807) is 0 Å². The SMILES string of the molecule is CC(Br)c1ccc(C(=O)c2ccccc2)c(Cc2ccccc2)c1. The Morgan fingerprint density at radius 1 is 0.917 bits per heavy atom. The molecule has 0 spiro atoms. The van der Waals surface area contributed by atoms with Crippen LogP contribution in [-0.4, -0.2) is 5.78 Å². The molecule has 24 heavy (non-hydrogen) atoms. The number of alkyl halides is 1. The molecule has 0 saturated carbocycles. The van der Waals surface area contributed by atoms with Crippen molar-refractivity contribution in [3.8, 4) is 0 Å². The van der Waals surface area contributed by atoms with Gasteiger partial charge in [0.05, 0.1) is 0 Å². The van der Waals surface area contributed by atoms with Crippen LogP contribution in [0.2, 0.25) is 0 Å². The topological polar surface area (TPSA) is 17.1 Å². The van der Waals surface area contributed by atoms with E-state index in [0.29, 0.717) is 0 Å². The molecule has 0 aliphatic carbocycles. The van der Waals surface area contributed by atoms with Crippen molar-refractivity contribution in [2.24, 2.45) is 0 Å². The third-order valence-electron chi connectivity index (χ3n) is 4.11. The maximum absolute atomic E-state index is 12.9. The zero-order valence-corrected chi connectivity index (χ0v) is 15.2. The molecule has 0 aromatic heterocycles. The highest BCUT2D eigenvalue weighted by Crippen LogP contribution is 2.26. The Morgan fingerprint density at radius 2 is 1.54 bits per heavy atom. The zero-order valence-electron chi connectivity index (χ0n) is 13.6. The third-order valence-corrected chi connectivity index (χ3v) is 4.64. The minimum Gasteiger partial charge on any atom is -0.289 e. The summed E-state index contributed by atoms with van der Waals surface area (Å²) in [7, 11) is 0. The number of carbonyl (C=O) groups is 1. The molecule has 3 aromatic rings. The number of halogens is 1. The summed E-state index contributed by atoms with van der Waals surface area (Å²) in [4.78, 5) is 13.2. The first-order chi connectivity index (χ1) is 11.6.